The topological polar surface area (TPSA) is 77.4 Å². The van der Waals surface area contributed by atoms with Gasteiger partial charge in [-0.1, -0.05) is 51.3 Å². The van der Waals surface area contributed by atoms with Crippen molar-refractivity contribution in [2.24, 2.45) is 0 Å². The number of fused-ring (bicyclic) bond motifs is 3. The van der Waals surface area contributed by atoms with Crippen LogP contribution in [0.5, 0.6) is 0 Å². The van der Waals surface area contributed by atoms with Crippen LogP contribution in [0.25, 0.3) is 21.8 Å². The van der Waals surface area contributed by atoms with Crippen molar-refractivity contribution in [2.45, 2.75) is 44.6 Å². The first-order valence-corrected chi connectivity index (χ1v) is 13.7. The number of alkyl carbamates (subject to hydrolysis) is 1. The predicted octanol–water partition coefficient (Wildman–Crippen LogP) is 6.82. The van der Waals surface area contributed by atoms with Crippen LogP contribution < -0.4 is 5.32 Å². The molecule has 0 atom stereocenters. The molecule has 6 nitrogen and oxygen atoms in total. The number of amides is 1. The van der Waals surface area contributed by atoms with Crippen LogP contribution in [0.1, 0.15) is 31.9 Å². The van der Waals surface area contributed by atoms with Crippen LogP contribution in [0.2, 0.25) is 5.02 Å². The summed E-state index contributed by atoms with van der Waals surface area (Å²) >= 11 is 9.88. The molecule has 0 saturated carbocycles. The summed E-state index contributed by atoms with van der Waals surface area (Å²) in [6, 6.07) is 15.7. The lowest BCUT2D eigenvalue weighted by Gasteiger charge is -2.20. The van der Waals surface area contributed by atoms with E-state index in [0.717, 1.165) is 26.4 Å². The fraction of sp³-hybridized carbons (Fsp3) is 0.269. The van der Waals surface area contributed by atoms with E-state index in [2.05, 4.69) is 21.2 Å². The van der Waals surface area contributed by atoms with E-state index in [4.69, 9.17) is 16.3 Å². The van der Waals surface area contributed by atoms with Gasteiger partial charge in [0, 0.05) is 26.8 Å². The number of halogens is 2. The number of rotatable bonds is 5. The summed E-state index contributed by atoms with van der Waals surface area (Å²) < 4.78 is 35.3. The SMILES string of the molecule is Cc1ccc(S(=O)(=O)n2c3ccc(Cl)cc3c3ccc(Br)c(CCNC(=O)OC(C)(C)C)c32)cc1. The molecule has 0 radical (unpaired) electrons. The summed E-state index contributed by atoms with van der Waals surface area (Å²) in [6.45, 7) is 7.56. The molecule has 1 N–H and O–H groups in total. The lowest BCUT2D eigenvalue weighted by molar-refractivity contribution is 0.0528. The molecule has 0 spiro atoms. The molecule has 1 aromatic heterocycles. The first-order chi connectivity index (χ1) is 16.4. The molecule has 1 heterocycles. The van der Waals surface area contributed by atoms with Crippen LogP contribution in [0.15, 0.2) is 64.0 Å². The molecule has 3 aromatic carbocycles. The molecule has 35 heavy (non-hydrogen) atoms. The molecular formula is C26H26BrClN2O4S. The van der Waals surface area contributed by atoms with E-state index in [0.29, 0.717) is 22.5 Å². The average molecular weight is 578 g/mol. The highest BCUT2D eigenvalue weighted by Gasteiger charge is 2.26. The molecule has 0 aliphatic rings. The number of nitrogens with zero attached hydrogens (tertiary/aromatic N) is 1. The van der Waals surface area contributed by atoms with Crippen LogP contribution in [0.3, 0.4) is 0 Å². The molecular weight excluding hydrogens is 552 g/mol. The fourth-order valence-corrected chi connectivity index (χ4v) is 6.24. The highest BCUT2D eigenvalue weighted by atomic mass is 79.9. The van der Waals surface area contributed by atoms with Crippen molar-refractivity contribution in [3.63, 3.8) is 0 Å². The molecule has 0 aliphatic carbocycles. The van der Waals surface area contributed by atoms with Crippen LogP contribution in [-0.4, -0.2) is 30.6 Å². The van der Waals surface area contributed by atoms with Crippen molar-refractivity contribution < 1.29 is 17.9 Å². The van der Waals surface area contributed by atoms with E-state index >= 15 is 0 Å². The Kier molecular flexibility index (Phi) is 6.92. The molecule has 0 saturated heterocycles. The normalized spacial score (nSPS) is 12.3. The summed E-state index contributed by atoms with van der Waals surface area (Å²) in [6.07, 6.45) is -0.148. The Bertz CT molecular complexity index is 1540. The van der Waals surface area contributed by atoms with Gasteiger partial charge in [-0.3, -0.25) is 0 Å². The molecule has 4 aromatic rings. The summed E-state index contributed by atoms with van der Waals surface area (Å²) in [5.41, 5.74) is 2.18. The predicted molar refractivity (Wildman–Crippen MR) is 144 cm³/mol. The summed E-state index contributed by atoms with van der Waals surface area (Å²) in [5.74, 6) is 0. The monoisotopic (exact) mass is 576 g/mol. The van der Waals surface area contributed by atoms with Gasteiger partial charge in [0.15, 0.2) is 0 Å². The quantitative estimate of drug-likeness (QED) is 0.282. The highest BCUT2D eigenvalue weighted by molar-refractivity contribution is 9.10. The van der Waals surface area contributed by atoms with Gasteiger partial charge in [0.05, 0.1) is 15.9 Å². The van der Waals surface area contributed by atoms with E-state index in [-0.39, 0.29) is 11.4 Å². The van der Waals surface area contributed by atoms with Crippen molar-refractivity contribution >= 4 is 65.5 Å². The lowest BCUT2D eigenvalue weighted by Crippen LogP contribution is -2.33. The van der Waals surface area contributed by atoms with E-state index in [1.54, 1.807) is 63.2 Å². The van der Waals surface area contributed by atoms with Gasteiger partial charge in [-0.05, 0) is 76.1 Å². The van der Waals surface area contributed by atoms with Gasteiger partial charge in [-0.2, -0.15) is 0 Å². The van der Waals surface area contributed by atoms with Gasteiger partial charge in [-0.15, -0.1) is 0 Å². The zero-order valence-corrected chi connectivity index (χ0v) is 23.0. The third kappa shape index (κ3) is 5.20. The molecule has 4 rings (SSSR count). The van der Waals surface area contributed by atoms with Crippen LogP contribution in [0.4, 0.5) is 4.79 Å². The zero-order valence-electron chi connectivity index (χ0n) is 19.9. The minimum absolute atomic E-state index is 0.189. The second kappa shape index (κ2) is 9.48. The first kappa shape index (κ1) is 25.5. The minimum Gasteiger partial charge on any atom is -0.444 e. The maximum atomic E-state index is 13.9. The summed E-state index contributed by atoms with van der Waals surface area (Å²) in [7, 11) is -3.94. The van der Waals surface area contributed by atoms with Crippen molar-refractivity contribution in [3.05, 3.63) is 75.2 Å². The zero-order chi connectivity index (χ0) is 25.5. The van der Waals surface area contributed by atoms with Gasteiger partial charge in [0.2, 0.25) is 0 Å². The van der Waals surface area contributed by atoms with Crippen LogP contribution >= 0.6 is 27.5 Å². The molecule has 0 unspecified atom stereocenters. The summed E-state index contributed by atoms with van der Waals surface area (Å²) in [5, 5.41) is 4.76. The highest BCUT2D eigenvalue weighted by Crippen LogP contribution is 2.38. The average Bonchev–Trinajstić information content (AvgIpc) is 3.08. The number of ether oxygens (including phenoxy) is 1. The molecule has 9 heteroatoms. The Labute approximate surface area is 218 Å². The van der Waals surface area contributed by atoms with E-state index in [1.807, 2.05) is 19.1 Å². The second-order valence-corrected chi connectivity index (χ2v) is 12.4. The largest absolute Gasteiger partial charge is 0.444 e. The first-order valence-electron chi connectivity index (χ1n) is 11.1. The second-order valence-electron chi connectivity index (χ2n) is 9.34. The van der Waals surface area contributed by atoms with Gasteiger partial charge >= 0.3 is 6.09 Å². The number of carbonyl (C=O) groups excluding carboxylic acids is 1. The number of hydrogen-bond donors (Lipinski definition) is 1. The van der Waals surface area contributed by atoms with E-state index in [1.165, 1.54) is 3.97 Å². The van der Waals surface area contributed by atoms with E-state index < -0.39 is 21.7 Å². The van der Waals surface area contributed by atoms with Crippen LogP contribution in [-0.2, 0) is 21.2 Å². The van der Waals surface area contributed by atoms with Gasteiger partial charge in [-0.25, -0.2) is 17.2 Å². The van der Waals surface area contributed by atoms with Gasteiger partial charge < -0.3 is 10.1 Å². The third-order valence-electron chi connectivity index (χ3n) is 5.50. The van der Waals surface area contributed by atoms with Crippen molar-refractivity contribution in [2.75, 3.05) is 6.54 Å². The minimum atomic E-state index is -3.94. The molecule has 0 bridgehead atoms. The van der Waals surface area contributed by atoms with Gasteiger partial charge in [0.25, 0.3) is 10.0 Å². The fourth-order valence-electron chi connectivity index (χ4n) is 3.99. The molecule has 0 aliphatic heterocycles. The number of aryl methyl sites for hydroxylation is 1. The Morgan fingerprint density at radius 2 is 1.74 bits per heavy atom. The Morgan fingerprint density at radius 1 is 1.06 bits per heavy atom. The van der Waals surface area contributed by atoms with E-state index in [9.17, 15) is 13.2 Å². The molecule has 0 fully saturated rings. The Morgan fingerprint density at radius 3 is 2.40 bits per heavy atom. The number of aromatic nitrogens is 1. The smallest absolute Gasteiger partial charge is 0.407 e. The van der Waals surface area contributed by atoms with Crippen molar-refractivity contribution in [1.29, 1.82) is 0 Å². The Balaban J connectivity index is 1.89. The van der Waals surface area contributed by atoms with Crippen LogP contribution in [0, 0.1) is 6.92 Å². The van der Waals surface area contributed by atoms with Gasteiger partial charge in [0.1, 0.15) is 5.60 Å². The van der Waals surface area contributed by atoms with Crippen molar-refractivity contribution in [3.8, 4) is 0 Å². The number of hydrogen-bond acceptors (Lipinski definition) is 4. The standard InChI is InChI=1S/C26H26BrClN2O4S/c1-16-5-8-18(9-6-16)35(32,33)30-23-12-7-17(28)15-21(23)19-10-11-22(27)20(24(19)30)13-14-29-25(31)34-26(2,3)4/h5-12,15H,13-14H2,1-4H3,(H,29,31). The Hall–Kier alpha value is -2.55. The third-order valence-corrected chi connectivity index (χ3v) is 8.20. The molecule has 1 amide bonds. The number of benzene rings is 3. The number of carbonyl (C=O) groups is 1. The lowest BCUT2D eigenvalue weighted by atomic mass is 10.1. The van der Waals surface area contributed by atoms with Crippen molar-refractivity contribution in [1.82, 2.24) is 9.29 Å². The maximum Gasteiger partial charge on any atom is 0.407 e. The maximum absolute atomic E-state index is 13.9. The number of nitrogens with one attached hydrogen (secondary N) is 1. The molecule has 184 valence electrons. The summed E-state index contributed by atoms with van der Waals surface area (Å²) in [4.78, 5) is 12.3.